The van der Waals surface area contributed by atoms with Crippen LogP contribution in [0.4, 0.5) is 0 Å². The number of aliphatic carboxylic acids is 1. The van der Waals surface area contributed by atoms with Crippen molar-refractivity contribution < 1.29 is 9.90 Å². The molecule has 0 saturated carbocycles. The van der Waals surface area contributed by atoms with Crippen molar-refractivity contribution in [1.82, 2.24) is 15.2 Å². The minimum absolute atomic E-state index is 0.0510. The predicted octanol–water partition coefficient (Wildman–Crippen LogP) is 2.78. The highest BCUT2D eigenvalue weighted by Gasteiger charge is 2.08. The van der Waals surface area contributed by atoms with Crippen molar-refractivity contribution in [1.29, 1.82) is 0 Å². The zero-order valence-corrected chi connectivity index (χ0v) is 13.5. The van der Waals surface area contributed by atoms with Gasteiger partial charge in [-0.05, 0) is 17.7 Å². The van der Waals surface area contributed by atoms with E-state index in [2.05, 4.69) is 15.2 Å². The van der Waals surface area contributed by atoms with Gasteiger partial charge in [-0.1, -0.05) is 41.0 Å². The van der Waals surface area contributed by atoms with Crippen LogP contribution in [0.3, 0.4) is 0 Å². The number of H-pyrrole nitrogens is 1. The Kier molecular flexibility index (Phi) is 5.82. The lowest BCUT2D eigenvalue weighted by molar-refractivity contribution is -0.136. The molecule has 0 fully saturated rings. The monoisotopic (exact) mass is 359 g/mol. The van der Waals surface area contributed by atoms with Gasteiger partial charge in [-0.3, -0.25) is 14.6 Å². The van der Waals surface area contributed by atoms with Crippen molar-refractivity contribution in [3.63, 3.8) is 0 Å². The summed E-state index contributed by atoms with van der Waals surface area (Å²) in [6.45, 7) is 0. The third kappa shape index (κ3) is 4.72. The first-order valence-electron chi connectivity index (χ1n) is 6.20. The molecule has 0 bridgehead atoms. The maximum atomic E-state index is 11.8. The fourth-order valence-corrected chi connectivity index (χ4v) is 2.65. The van der Waals surface area contributed by atoms with Gasteiger partial charge in [0.05, 0.1) is 16.5 Å². The molecule has 2 N–H and O–H groups in total. The fraction of sp³-hybridized carbons (Fsp3) is 0.231. The maximum Gasteiger partial charge on any atom is 0.303 e. The number of rotatable bonds is 6. The third-order valence-corrected chi connectivity index (χ3v) is 4.35. The Hall–Kier alpha value is -1.57. The smallest absolute Gasteiger partial charge is 0.303 e. The topological polar surface area (TPSA) is 95.9 Å². The molecule has 0 aliphatic heterocycles. The average Bonchev–Trinajstić information content (AvgIpc) is 2.47. The van der Waals surface area contributed by atoms with E-state index in [0.29, 0.717) is 21.0 Å². The second kappa shape index (κ2) is 7.62. The van der Waals surface area contributed by atoms with E-state index in [1.54, 1.807) is 12.1 Å². The number of aryl methyl sites for hydroxylation is 1. The van der Waals surface area contributed by atoms with Crippen molar-refractivity contribution in [2.45, 2.75) is 23.8 Å². The summed E-state index contributed by atoms with van der Waals surface area (Å²) >= 11 is 13.1. The van der Waals surface area contributed by atoms with Crippen molar-refractivity contribution in [2.75, 3.05) is 0 Å². The molecule has 22 heavy (non-hydrogen) atoms. The number of carboxylic acid groups (broad SMARTS) is 1. The van der Waals surface area contributed by atoms with Gasteiger partial charge in [-0.15, -0.1) is 10.2 Å². The number of aromatic nitrogens is 3. The van der Waals surface area contributed by atoms with E-state index in [1.165, 1.54) is 11.8 Å². The highest BCUT2D eigenvalue weighted by atomic mass is 35.5. The number of nitrogens with one attached hydrogen (secondary N) is 1. The standard InChI is InChI=1S/C13H11Cl2N3O3S/c14-8-2-1-7(5-9(8)15)6-22-13-16-12(21)10(17-18-13)3-4-11(19)20/h1-2,5H,3-4,6H2,(H,19,20)(H,16,18,21). The molecular formula is C13H11Cl2N3O3S. The molecule has 2 aromatic rings. The Morgan fingerprint density at radius 1 is 1.27 bits per heavy atom. The van der Waals surface area contributed by atoms with Gasteiger partial charge < -0.3 is 5.11 Å². The Labute approximate surface area is 139 Å². The van der Waals surface area contributed by atoms with Crippen LogP contribution in [0.2, 0.25) is 10.0 Å². The number of carboxylic acids is 1. The van der Waals surface area contributed by atoms with E-state index in [0.717, 1.165) is 5.56 Å². The molecule has 6 nitrogen and oxygen atoms in total. The van der Waals surface area contributed by atoms with E-state index >= 15 is 0 Å². The number of nitrogens with zero attached hydrogens (tertiary/aromatic N) is 2. The molecule has 1 aromatic carbocycles. The zero-order chi connectivity index (χ0) is 16.1. The first-order chi connectivity index (χ1) is 10.5. The Bertz CT molecular complexity index is 752. The molecule has 2 rings (SSSR count). The summed E-state index contributed by atoms with van der Waals surface area (Å²) in [5, 5.41) is 17.5. The number of hydrogen-bond acceptors (Lipinski definition) is 5. The maximum absolute atomic E-state index is 11.8. The Morgan fingerprint density at radius 3 is 2.68 bits per heavy atom. The van der Waals surface area contributed by atoms with Crippen LogP contribution in [0.1, 0.15) is 17.7 Å². The largest absolute Gasteiger partial charge is 0.481 e. The third-order valence-electron chi connectivity index (χ3n) is 2.68. The van der Waals surface area contributed by atoms with E-state index < -0.39 is 11.5 Å². The highest BCUT2D eigenvalue weighted by molar-refractivity contribution is 7.98. The minimum Gasteiger partial charge on any atom is -0.481 e. The van der Waals surface area contributed by atoms with Crippen LogP contribution in [0.25, 0.3) is 0 Å². The summed E-state index contributed by atoms with van der Waals surface area (Å²) in [5.74, 6) is -0.449. The van der Waals surface area contributed by atoms with E-state index in [-0.39, 0.29) is 18.5 Å². The molecule has 116 valence electrons. The molecular weight excluding hydrogens is 349 g/mol. The normalized spacial score (nSPS) is 10.6. The molecule has 0 unspecified atom stereocenters. The molecule has 0 saturated heterocycles. The lowest BCUT2D eigenvalue weighted by Crippen LogP contribution is -2.18. The van der Waals surface area contributed by atoms with Crippen LogP contribution in [0.15, 0.2) is 28.2 Å². The molecule has 0 atom stereocenters. The predicted molar refractivity (Wildman–Crippen MR) is 84.6 cm³/mol. The molecule has 9 heteroatoms. The lowest BCUT2D eigenvalue weighted by Gasteiger charge is -2.03. The van der Waals surface area contributed by atoms with Crippen LogP contribution in [0.5, 0.6) is 0 Å². The SMILES string of the molecule is O=C(O)CCc1nnc(SCc2ccc(Cl)c(Cl)c2)[nH]c1=O. The second-order valence-corrected chi connectivity index (χ2v) is 6.12. The summed E-state index contributed by atoms with van der Waals surface area (Å²) in [6, 6.07) is 5.26. The summed E-state index contributed by atoms with van der Waals surface area (Å²) < 4.78 is 0. The van der Waals surface area contributed by atoms with Gasteiger partial charge in [-0.2, -0.15) is 0 Å². The van der Waals surface area contributed by atoms with Crippen molar-refractivity contribution in [2.24, 2.45) is 0 Å². The van der Waals surface area contributed by atoms with Crippen molar-refractivity contribution in [3.8, 4) is 0 Å². The minimum atomic E-state index is -0.987. The first kappa shape index (κ1) is 16.8. The van der Waals surface area contributed by atoms with Gasteiger partial charge >= 0.3 is 5.97 Å². The number of aromatic amines is 1. The first-order valence-corrected chi connectivity index (χ1v) is 7.94. The molecule has 1 aromatic heterocycles. The number of halogens is 2. The molecule has 0 amide bonds. The molecule has 0 aliphatic carbocycles. The Balaban J connectivity index is 2.01. The van der Waals surface area contributed by atoms with Crippen LogP contribution in [-0.4, -0.2) is 26.3 Å². The van der Waals surface area contributed by atoms with E-state index in [4.69, 9.17) is 28.3 Å². The van der Waals surface area contributed by atoms with Gasteiger partial charge in [0.1, 0.15) is 5.69 Å². The Morgan fingerprint density at radius 2 is 2.05 bits per heavy atom. The van der Waals surface area contributed by atoms with E-state index in [1.807, 2.05) is 6.07 Å². The fourth-order valence-electron chi connectivity index (χ4n) is 1.58. The van der Waals surface area contributed by atoms with Crippen LogP contribution in [0, 0.1) is 0 Å². The van der Waals surface area contributed by atoms with Gasteiger partial charge in [0.15, 0.2) is 5.16 Å². The zero-order valence-electron chi connectivity index (χ0n) is 11.2. The van der Waals surface area contributed by atoms with Gasteiger partial charge in [-0.25, -0.2) is 0 Å². The summed E-state index contributed by atoms with van der Waals surface area (Å²) in [6.07, 6.45) is -0.108. The molecule has 1 heterocycles. The molecule has 0 radical (unpaired) electrons. The quantitative estimate of drug-likeness (QED) is 0.769. The summed E-state index contributed by atoms with van der Waals surface area (Å²) in [5.41, 5.74) is 0.617. The lowest BCUT2D eigenvalue weighted by atomic mass is 10.2. The highest BCUT2D eigenvalue weighted by Crippen LogP contribution is 2.25. The van der Waals surface area contributed by atoms with Crippen LogP contribution >= 0.6 is 35.0 Å². The summed E-state index contributed by atoms with van der Waals surface area (Å²) in [4.78, 5) is 24.8. The van der Waals surface area contributed by atoms with Crippen molar-refractivity contribution in [3.05, 3.63) is 49.9 Å². The van der Waals surface area contributed by atoms with Gasteiger partial charge in [0.25, 0.3) is 5.56 Å². The van der Waals surface area contributed by atoms with E-state index in [9.17, 15) is 9.59 Å². The average molecular weight is 360 g/mol. The van der Waals surface area contributed by atoms with Gasteiger partial charge in [0, 0.05) is 12.2 Å². The number of benzene rings is 1. The van der Waals surface area contributed by atoms with Crippen LogP contribution < -0.4 is 5.56 Å². The summed E-state index contributed by atoms with van der Waals surface area (Å²) in [7, 11) is 0. The van der Waals surface area contributed by atoms with Gasteiger partial charge in [0.2, 0.25) is 0 Å². The second-order valence-electron chi connectivity index (χ2n) is 4.34. The number of carbonyl (C=O) groups is 1. The van der Waals surface area contributed by atoms with Crippen molar-refractivity contribution >= 4 is 40.9 Å². The molecule has 0 aliphatic rings. The van der Waals surface area contributed by atoms with Crippen LogP contribution in [-0.2, 0) is 17.0 Å². The number of hydrogen-bond donors (Lipinski definition) is 2. The molecule has 0 spiro atoms. The number of thioether (sulfide) groups is 1.